The molecule has 2 aromatic carbocycles. The number of methoxy groups -OCH3 is 1. The molecule has 3 N–H and O–H groups in total. The first kappa shape index (κ1) is 22.9. The van der Waals surface area contributed by atoms with Crippen LogP contribution in [0.25, 0.3) is 0 Å². The number of hydrogen-bond donors (Lipinski definition) is 3. The minimum Gasteiger partial charge on any atom is -0.495 e. The standard InChI is InChI=1S/C24H27ClN4O4/c1-33-21-12-5-3-10-18(21)27-22(30)14-20-23(31)28-17-9-2-4-11-19(17)29(20)24(32)26-16-8-6-7-15(25)13-16/h3,5-8,10,12-13,17,19-20H,2,4,9,11,14H2,1H3,(H,26,32)(H,27,30)(H,28,31)/t17-,19-,20-/m0/s1. The van der Waals surface area contributed by atoms with Crippen molar-refractivity contribution < 1.29 is 19.1 Å². The molecule has 4 amide bonds. The number of nitrogens with one attached hydrogen (secondary N) is 3. The number of fused-ring (bicyclic) bond motifs is 1. The molecule has 4 rings (SSSR count). The summed E-state index contributed by atoms with van der Waals surface area (Å²) in [6.07, 6.45) is 3.34. The van der Waals surface area contributed by atoms with Crippen molar-refractivity contribution in [2.24, 2.45) is 0 Å². The number of ether oxygens (including phenoxy) is 1. The third-order valence-corrected chi connectivity index (χ3v) is 6.36. The molecule has 0 bridgehead atoms. The summed E-state index contributed by atoms with van der Waals surface area (Å²) >= 11 is 6.06. The Bertz CT molecular complexity index is 1050. The summed E-state index contributed by atoms with van der Waals surface area (Å²) in [6.45, 7) is 0. The smallest absolute Gasteiger partial charge is 0.322 e. The molecular weight excluding hydrogens is 444 g/mol. The van der Waals surface area contributed by atoms with E-state index < -0.39 is 12.1 Å². The molecule has 1 aliphatic carbocycles. The molecule has 1 aliphatic heterocycles. The van der Waals surface area contributed by atoms with Gasteiger partial charge in [-0.2, -0.15) is 0 Å². The number of anilines is 2. The SMILES string of the molecule is COc1ccccc1NC(=O)C[C@H]1C(=O)N[C@H]2CCCC[C@@H]2N1C(=O)Nc1cccc(Cl)c1. The molecule has 33 heavy (non-hydrogen) atoms. The molecule has 2 fully saturated rings. The molecule has 3 atom stereocenters. The fraction of sp³-hybridized carbons (Fsp3) is 0.375. The maximum absolute atomic E-state index is 13.4. The summed E-state index contributed by atoms with van der Waals surface area (Å²) in [5, 5.41) is 9.17. The fourth-order valence-electron chi connectivity index (χ4n) is 4.61. The van der Waals surface area contributed by atoms with E-state index in [9.17, 15) is 14.4 Å². The van der Waals surface area contributed by atoms with Gasteiger partial charge in [-0.15, -0.1) is 0 Å². The number of para-hydroxylation sites is 2. The molecule has 8 nitrogen and oxygen atoms in total. The lowest BCUT2D eigenvalue weighted by atomic mass is 9.85. The molecule has 0 unspecified atom stereocenters. The topological polar surface area (TPSA) is 99.8 Å². The molecule has 1 saturated heterocycles. The number of urea groups is 1. The van der Waals surface area contributed by atoms with Gasteiger partial charge in [0.05, 0.1) is 25.3 Å². The van der Waals surface area contributed by atoms with Crippen molar-refractivity contribution in [1.82, 2.24) is 10.2 Å². The van der Waals surface area contributed by atoms with Crippen molar-refractivity contribution in [2.75, 3.05) is 17.7 Å². The Morgan fingerprint density at radius 3 is 2.70 bits per heavy atom. The van der Waals surface area contributed by atoms with Gasteiger partial charge in [0.15, 0.2) is 0 Å². The van der Waals surface area contributed by atoms with Gasteiger partial charge in [-0.25, -0.2) is 4.79 Å². The van der Waals surface area contributed by atoms with Crippen LogP contribution in [0.3, 0.4) is 0 Å². The molecule has 0 aromatic heterocycles. The second kappa shape index (κ2) is 10.1. The number of piperazine rings is 1. The van der Waals surface area contributed by atoms with Crippen LogP contribution in [0.5, 0.6) is 5.75 Å². The molecule has 1 heterocycles. The van der Waals surface area contributed by atoms with E-state index in [0.717, 1.165) is 25.7 Å². The predicted octanol–water partition coefficient (Wildman–Crippen LogP) is 4.02. The molecule has 2 aromatic rings. The normalized spacial score (nSPS) is 22.1. The largest absolute Gasteiger partial charge is 0.495 e. The van der Waals surface area contributed by atoms with Crippen LogP contribution in [-0.4, -0.2) is 48.0 Å². The number of nitrogens with zero attached hydrogens (tertiary/aromatic N) is 1. The Labute approximate surface area is 197 Å². The lowest BCUT2D eigenvalue weighted by molar-refractivity contribution is -0.135. The number of carbonyl (C=O) groups is 3. The van der Waals surface area contributed by atoms with Gasteiger partial charge in [-0.3, -0.25) is 9.59 Å². The molecule has 1 saturated carbocycles. The van der Waals surface area contributed by atoms with Crippen LogP contribution in [-0.2, 0) is 9.59 Å². The first-order valence-electron chi connectivity index (χ1n) is 11.0. The van der Waals surface area contributed by atoms with E-state index in [-0.39, 0.29) is 30.3 Å². The van der Waals surface area contributed by atoms with Crippen molar-refractivity contribution in [3.05, 3.63) is 53.6 Å². The summed E-state index contributed by atoms with van der Waals surface area (Å²) in [5.41, 5.74) is 1.04. The van der Waals surface area contributed by atoms with Gasteiger partial charge >= 0.3 is 6.03 Å². The summed E-state index contributed by atoms with van der Waals surface area (Å²) in [4.78, 5) is 40.8. The number of rotatable bonds is 5. The third-order valence-electron chi connectivity index (χ3n) is 6.12. The molecular formula is C24H27ClN4O4. The van der Waals surface area contributed by atoms with E-state index in [1.54, 1.807) is 53.4 Å². The van der Waals surface area contributed by atoms with Gasteiger partial charge in [0.1, 0.15) is 11.8 Å². The van der Waals surface area contributed by atoms with E-state index in [2.05, 4.69) is 16.0 Å². The van der Waals surface area contributed by atoms with Crippen LogP contribution in [0.2, 0.25) is 5.02 Å². The van der Waals surface area contributed by atoms with Crippen molar-refractivity contribution in [2.45, 2.75) is 50.2 Å². The van der Waals surface area contributed by atoms with Crippen LogP contribution < -0.4 is 20.7 Å². The number of amides is 4. The van der Waals surface area contributed by atoms with Crippen molar-refractivity contribution in [1.29, 1.82) is 0 Å². The van der Waals surface area contributed by atoms with Crippen LogP contribution >= 0.6 is 11.6 Å². The van der Waals surface area contributed by atoms with Gasteiger partial charge in [0.2, 0.25) is 11.8 Å². The van der Waals surface area contributed by atoms with Crippen LogP contribution in [0.4, 0.5) is 16.2 Å². The quantitative estimate of drug-likeness (QED) is 0.614. The van der Waals surface area contributed by atoms with Gasteiger partial charge in [-0.05, 0) is 43.2 Å². The minimum atomic E-state index is -0.932. The van der Waals surface area contributed by atoms with Gasteiger partial charge in [0.25, 0.3) is 0 Å². The molecule has 0 radical (unpaired) electrons. The van der Waals surface area contributed by atoms with Gasteiger partial charge < -0.3 is 25.6 Å². The van der Waals surface area contributed by atoms with Crippen molar-refractivity contribution in [3.8, 4) is 5.75 Å². The fourth-order valence-corrected chi connectivity index (χ4v) is 4.80. The van der Waals surface area contributed by atoms with E-state index in [4.69, 9.17) is 16.3 Å². The zero-order chi connectivity index (χ0) is 23.4. The maximum Gasteiger partial charge on any atom is 0.322 e. The zero-order valence-corrected chi connectivity index (χ0v) is 19.1. The average Bonchev–Trinajstić information content (AvgIpc) is 2.79. The van der Waals surface area contributed by atoms with Crippen molar-refractivity contribution >= 4 is 40.8 Å². The highest BCUT2D eigenvalue weighted by Gasteiger charge is 2.46. The molecule has 2 aliphatic rings. The highest BCUT2D eigenvalue weighted by molar-refractivity contribution is 6.30. The molecule has 174 valence electrons. The van der Waals surface area contributed by atoms with Crippen LogP contribution in [0, 0.1) is 0 Å². The summed E-state index contributed by atoms with van der Waals surface area (Å²) < 4.78 is 5.28. The summed E-state index contributed by atoms with van der Waals surface area (Å²) in [5.74, 6) is -0.189. The maximum atomic E-state index is 13.4. The predicted molar refractivity (Wildman–Crippen MR) is 127 cm³/mol. The second-order valence-corrected chi connectivity index (χ2v) is 8.72. The Balaban J connectivity index is 1.56. The lowest BCUT2D eigenvalue weighted by Crippen LogP contribution is -2.68. The minimum absolute atomic E-state index is 0.120. The number of benzene rings is 2. The van der Waals surface area contributed by atoms with Crippen molar-refractivity contribution in [3.63, 3.8) is 0 Å². The number of hydrogen-bond acceptors (Lipinski definition) is 4. The average molecular weight is 471 g/mol. The van der Waals surface area contributed by atoms with Crippen LogP contribution in [0.15, 0.2) is 48.5 Å². The van der Waals surface area contributed by atoms with E-state index in [1.807, 2.05) is 0 Å². The van der Waals surface area contributed by atoms with Gasteiger partial charge in [0, 0.05) is 16.8 Å². The van der Waals surface area contributed by atoms with E-state index >= 15 is 0 Å². The first-order chi connectivity index (χ1) is 16.0. The summed E-state index contributed by atoms with van der Waals surface area (Å²) in [6, 6.07) is 12.2. The Kier molecular flexibility index (Phi) is 7.03. The Hall–Kier alpha value is -3.26. The summed E-state index contributed by atoms with van der Waals surface area (Å²) in [7, 11) is 1.52. The van der Waals surface area contributed by atoms with Gasteiger partial charge in [-0.1, -0.05) is 42.6 Å². The van der Waals surface area contributed by atoms with Crippen LogP contribution in [0.1, 0.15) is 32.1 Å². The highest BCUT2D eigenvalue weighted by atomic mass is 35.5. The van der Waals surface area contributed by atoms with E-state index in [0.29, 0.717) is 22.1 Å². The zero-order valence-electron chi connectivity index (χ0n) is 18.3. The third kappa shape index (κ3) is 5.22. The van der Waals surface area contributed by atoms with E-state index in [1.165, 1.54) is 7.11 Å². The highest BCUT2D eigenvalue weighted by Crippen LogP contribution is 2.31. The first-order valence-corrected chi connectivity index (χ1v) is 11.4. The number of carbonyl (C=O) groups excluding carboxylic acids is 3. The molecule has 9 heteroatoms. The second-order valence-electron chi connectivity index (χ2n) is 8.28. The monoisotopic (exact) mass is 470 g/mol. The Morgan fingerprint density at radius 2 is 1.91 bits per heavy atom. The molecule has 0 spiro atoms. The lowest BCUT2D eigenvalue weighted by Gasteiger charge is -2.47. The Morgan fingerprint density at radius 1 is 1.12 bits per heavy atom. The number of halogens is 1.